The molecule has 1 fully saturated rings. The van der Waals surface area contributed by atoms with Crippen molar-refractivity contribution in [3.63, 3.8) is 0 Å². The molecule has 1 rings (SSSR count). The van der Waals surface area contributed by atoms with Crippen LogP contribution < -0.4 is 5.32 Å². The van der Waals surface area contributed by atoms with Gasteiger partial charge in [-0.3, -0.25) is 4.79 Å². The topological polar surface area (TPSA) is 66.4 Å². The summed E-state index contributed by atoms with van der Waals surface area (Å²) in [6.07, 6.45) is 6.48. The number of hydrogen-bond donors (Lipinski definition) is 2. The van der Waals surface area contributed by atoms with Crippen molar-refractivity contribution in [3.05, 3.63) is 12.7 Å². The lowest BCUT2D eigenvalue weighted by molar-refractivity contribution is -0.144. The Hall–Kier alpha value is -1.32. The van der Waals surface area contributed by atoms with E-state index in [4.69, 9.17) is 5.11 Å². The average molecular weight is 267 g/mol. The van der Waals surface area contributed by atoms with Gasteiger partial charge in [-0.15, -0.1) is 6.58 Å². The maximum absolute atomic E-state index is 12.5. The van der Waals surface area contributed by atoms with Gasteiger partial charge >= 0.3 is 5.97 Å². The summed E-state index contributed by atoms with van der Waals surface area (Å²) >= 11 is 0. The predicted octanol–water partition coefficient (Wildman–Crippen LogP) is 2.74. The van der Waals surface area contributed by atoms with Gasteiger partial charge in [-0.05, 0) is 31.6 Å². The highest BCUT2D eigenvalue weighted by molar-refractivity contribution is 5.87. The molecular weight excluding hydrogens is 242 g/mol. The molecule has 1 atom stereocenters. The van der Waals surface area contributed by atoms with E-state index in [1.165, 1.54) is 6.08 Å². The number of carbonyl (C=O) groups is 2. The van der Waals surface area contributed by atoms with Crippen LogP contribution in [0, 0.1) is 11.3 Å². The van der Waals surface area contributed by atoms with Crippen molar-refractivity contribution in [2.75, 3.05) is 0 Å². The monoisotopic (exact) mass is 267 g/mol. The summed E-state index contributed by atoms with van der Waals surface area (Å²) in [6, 6.07) is -0.852. The molecule has 4 nitrogen and oxygen atoms in total. The highest BCUT2D eigenvalue weighted by Crippen LogP contribution is 2.43. The van der Waals surface area contributed by atoms with E-state index in [2.05, 4.69) is 25.7 Å². The van der Waals surface area contributed by atoms with E-state index in [1.807, 2.05) is 0 Å². The third-order valence-corrected chi connectivity index (χ3v) is 3.85. The summed E-state index contributed by atoms with van der Waals surface area (Å²) in [6.45, 7) is 7.74. The Balaban J connectivity index is 2.76. The molecule has 1 aliphatic carbocycles. The van der Waals surface area contributed by atoms with Crippen molar-refractivity contribution in [1.29, 1.82) is 0 Å². The zero-order valence-electron chi connectivity index (χ0n) is 11.9. The van der Waals surface area contributed by atoms with Crippen LogP contribution in [0.2, 0.25) is 0 Å². The lowest BCUT2D eigenvalue weighted by Gasteiger charge is -2.30. The Labute approximate surface area is 115 Å². The number of hydrogen-bond acceptors (Lipinski definition) is 2. The Kier molecular flexibility index (Phi) is 5.58. The van der Waals surface area contributed by atoms with Gasteiger partial charge in [0.15, 0.2) is 0 Å². The number of amides is 1. The van der Waals surface area contributed by atoms with Crippen LogP contribution in [0.25, 0.3) is 0 Å². The van der Waals surface area contributed by atoms with E-state index in [-0.39, 0.29) is 17.7 Å². The maximum Gasteiger partial charge on any atom is 0.326 e. The van der Waals surface area contributed by atoms with Crippen LogP contribution in [0.3, 0.4) is 0 Å². The first kappa shape index (κ1) is 15.7. The minimum Gasteiger partial charge on any atom is -0.480 e. The summed E-state index contributed by atoms with van der Waals surface area (Å²) < 4.78 is 0. The molecular formula is C15H25NO3. The van der Waals surface area contributed by atoms with E-state index in [0.29, 0.717) is 5.92 Å². The molecule has 108 valence electrons. The third-order valence-electron chi connectivity index (χ3n) is 3.85. The first-order valence-electron chi connectivity index (χ1n) is 7.06. The van der Waals surface area contributed by atoms with Crippen LogP contribution in [0.1, 0.15) is 52.4 Å². The number of rotatable bonds is 7. The zero-order valence-corrected chi connectivity index (χ0v) is 11.9. The van der Waals surface area contributed by atoms with Crippen LogP contribution in [-0.2, 0) is 9.59 Å². The smallest absolute Gasteiger partial charge is 0.326 e. The van der Waals surface area contributed by atoms with E-state index in [9.17, 15) is 9.59 Å². The molecule has 2 N–H and O–H groups in total. The predicted molar refractivity (Wildman–Crippen MR) is 74.7 cm³/mol. The largest absolute Gasteiger partial charge is 0.480 e. The highest BCUT2D eigenvalue weighted by atomic mass is 16.4. The molecule has 0 saturated heterocycles. The van der Waals surface area contributed by atoms with Crippen molar-refractivity contribution in [2.45, 2.75) is 58.4 Å². The molecule has 0 heterocycles. The van der Waals surface area contributed by atoms with Gasteiger partial charge < -0.3 is 10.4 Å². The Morgan fingerprint density at radius 1 is 1.37 bits per heavy atom. The zero-order chi connectivity index (χ0) is 14.5. The molecule has 0 aromatic heterocycles. The standard InChI is InChI=1S/C15H25NO3/c1-4-7-12(13(17)18)16-14(19)15(10-11(2)3)8-5-6-9-15/h4,11-12H,1,5-10H2,2-3H3,(H,16,19)(H,17,18). The summed E-state index contributed by atoms with van der Waals surface area (Å²) in [7, 11) is 0. The minimum atomic E-state index is -0.994. The van der Waals surface area contributed by atoms with Crippen LogP contribution in [0.4, 0.5) is 0 Å². The fourth-order valence-electron chi connectivity index (χ4n) is 3.06. The van der Waals surface area contributed by atoms with E-state index < -0.39 is 12.0 Å². The summed E-state index contributed by atoms with van der Waals surface area (Å²) in [5.41, 5.74) is -0.358. The van der Waals surface area contributed by atoms with E-state index in [0.717, 1.165) is 32.1 Å². The molecule has 0 aromatic carbocycles. The highest BCUT2D eigenvalue weighted by Gasteiger charge is 2.42. The molecule has 0 bridgehead atoms. The normalized spacial score (nSPS) is 19.1. The molecule has 0 radical (unpaired) electrons. The second-order valence-electron chi connectivity index (χ2n) is 5.97. The molecule has 1 amide bonds. The van der Waals surface area contributed by atoms with Crippen molar-refractivity contribution >= 4 is 11.9 Å². The molecule has 4 heteroatoms. The van der Waals surface area contributed by atoms with Gasteiger partial charge in [-0.25, -0.2) is 4.79 Å². The number of carboxylic acids is 1. The Morgan fingerprint density at radius 2 is 1.95 bits per heavy atom. The van der Waals surface area contributed by atoms with Crippen molar-refractivity contribution < 1.29 is 14.7 Å². The molecule has 0 spiro atoms. The maximum atomic E-state index is 12.5. The Bertz CT molecular complexity index is 343. The van der Waals surface area contributed by atoms with Crippen LogP contribution in [0.15, 0.2) is 12.7 Å². The van der Waals surface area contributed by atoms with Crippen LogP contribution >= 0.6 is 0 Å². The van der Waals surface area contributed by atoms with E-state index >= 15 is 0 Å². The van der Waals surface area contributed by atoms with Crippen molar-refractivity contribution in [2.24, 2.45) is 11.3 Å². The molecule has 1 saturated carbocycles. The Morgan fingerprint density at radius 3 is 2.37 bits per heavy atom. The fraction of sp³-hybridized carbons (Fsp3) is 0.733. The molecule has 1 unspecified atom stereocenters. The van der Waals surface area contributed by atoms with Gasteiger partial charge in [0.25, 0.3) is 0 Å². The van der Waals surface area contributed by atoms with Gasteiger partial charge in [0.1, 0.15) is 6.04 Å². The molecule has 0 aliphatic heterocycles. The van der Waals surface area contributed by atoms with Crippen molar-refractivity contribution in [3.8, 4) is 0 Å². The van der Waals surface area contributed by atoms with Gasteiger partial charge in [0.05, 0.1) is 0 Å². The summed E-state index contributed by atoms with van der Waals surface area (Å²) in [4.78, 5) is 23.6. The van der Waals surface area contributed by atoms with Crippen molar-refractivity contribution in [1.82, 2.24) is 5.32 Å². The van der Waals surface area contributed by atoms with Gasteiger partial charge in [-0.1, -0.05) is 32.8 Å². The molecule has 19 heavy (non-hydrogen) atoms. The number of carboxylic acid groups (broad SMARTS) is 1. The summed E-state index contributed by atoms with van der Waals surface area (Å²) in [5, 5.41) is 11.8. The first-order valence-corrected chi connectivity index (χ1v) is 7.06. The minimum absolute atomic E-state index is 0.0899. The average Bonchev–Trinajstić information content (AvgIpc) is 2.77. The van der Waals surface area contributed by atoms with Gasteiger partial charge in [0.2, 0.25) is 5.91 Å². The third kappa shape index (κ3) is 4.08. The van der Waals surface area contributed by atoms with E-state index in [1.54, 1.807) is 0 Å². The molecule has 1 aliphatic rings. The SMILES string of the molecule is C=CCC(NC(=O)C1(CC(C)C)CCCC1)C(=O)O. The quantitative estimate of drug-likeness (QED) is 0.697. The van der Waals surface area contributed by atoms with Gasteiger partial charge in [0, 0.05) is 5.41 Å². The number of carbonyl (C=O) groups excluding carboxylic acids is 1. The molecule has 0 aromatic rings. The lowest BCUT2D eigenvalue weighted by atomic mass is 9.77. The van der Waals surface area contributed by atoms with Gasteiger partial charge in [-0.2, -0.15) is 0 Å². The van der Waals surface area contributed by atoms with Crippen LogP contribution in [0.5, 0.6) is 0 Å². The summed E-state index contributed by atoms with van der Waals surface area (Å²) in [5.74, 6) is -0.648. The number of nitrogens with one attached hydrogen (secondary N) is 1. The lowest BCUT2D eigenvalue weighted by Crippen LogP contribution is -2.48. The second kappa shape index (κ2) is 6.73. The first-order chi connectivity index (χ1) is 8.91. The number of aliphatic carboxylic acids is 1. The van der Waals surface area contributed by atoms with Crippen LogP contribution in [-0.4, -0.2) is 23.0 Å². The fourth-order valence-corrected chi connectivity index (χ4v) is 3.06. The second-order valence-corrected chi connectivity index (χ2v) is 5.97.